The van der Waals surface area contributed by atoms with Crippen molar-refractivity contribution in [2.24, 2.45) is 11.8 Å². The molecule has 1 aliphatic heterocycles. The van der Waals surface area contributed by atoms with Crippen LogP contribution >= 0.6 is 0 Å². The van der Waals surface area contributed by atoms with Crippen molar-refractivity contribution in [1.82, 2.24) is 0 Å². The minimum atomic E-state index is -0.251. The highest BCUT2D eigenvalue weighted by Gasteiger charge is 2.48. The van der Waals surface area contributed by atoms with E-state index < -0.39 is 0 Å². The average Bonchev–Trinajstić information content (AvgIpc) is 2.99. The van der Waals surface area contributed by atoms with E-state index in [1.54, 1.807) is 24.3 Å². The minimum Gasteiger partial charge on any atom is -0.322 e. The molecular weight excluding hydrogens is 352 g/mol. The van der Waals surface area contributed by atoms with Crippen molar-refractivity contribution in [1.29, 1.82) is 0 Å². The first-order valence-electron chi connectivity index (χ1n) is 9.97. The molecule has 0 aromatic heterocycles. The third-order valence-corrected chi connectivity index (χ3v) is 5.85. The molecule has 2 aromatic rings. The molecule has 5 heteroatoms. The number of carbonyl (C=O) groups excluding carboxylic acids is 3. The van der Waals surface area contributed by atoms with Gasteiger partial charge in [0, 0.05) is 11.3 Å². The summed E-state index contributed by atoms with van der Waals surface area (Å²) in [5, 5.41) is 2.94. The molecule has 3 amide bonds. The fourth-order valence-electron chi connectivity index (χ4n) is 4.35. The van der Waals surface area contributed by atoms with Crippen LogP contribution in [0.5, 0.6) is 0 Å². The largest absolute Gasteiger partial charge is 0.322 e. The highest BCUT2D eigenvalue weighted by atomic mass is 16.2. The zero-order valence-electron chi connectivity index (χ0n) is 16.0. The molecule has 1 saturated heterocycles. The lowest BCUT2D eigenvalue weighted by Crippen LogP contribution is -2.31. The topological polar surface area (TPSA) is 66.5 Å². The SMILES string of the molecule is CCc1ccccc1NC(=O)c1cccc(N2C(=O)[C@@H]3CCCC[C@H]3C2=O)c1. The third kappa shape index (κ3) is 3.21. The first kappa shape index (κ1) is 18.4. The van der Waals surface area contributed by atoms with E-state index >= 15 is 0 Å². The van der Waals surface area contributed by atoms with Crippen LogP contribution in [0, 0.1) is 11.8 Å². The van der Waals surface area contributed by atoms with Gasteiger partial charge in [-0.05, 0) is 49.1 Å². The van der Waals surface area contributed by atoms with Gasteiger partial charge in [0.05, 0.1) is 17.5 Å². The number of nitrogens with one attached hydrogen (secondary N) is 1. The Balaban J connectivity index is 1.59. The number of benzene rings is 2. The number of anilines is 2. The molecule has 144 valence electrons. The molecule has 0 spiro atoms. The van der Waals surface area contributed by atoms with Crippen LogP contribution in [0.4, 0.5) is 11.4 Å². The van der Waals surface area contributed by atoms with Crippen LogP contribution in [0.1, 0.15) is 48.5 Å². The predicted molar refractivity (Wildman–Crippen MR) is 108 cm³/mol. The first-order chi connectivity index (χ1) is 13.6. The monoisotopic (exact) mass is 376 g/mol. The first-order valence-corrected chi connectivity index (χ1v) is 9.97. The Morgan fingerprint density at radius 3 is 2.36 bits per heavy atom. The minimum absolute atomic E-state index is 0.122. The van der Waals surface area contributed by atoms with Crippen LogP contribution < -0.4 is 10.2 Å². The van der Waals surface area contributed by atoms with Crippen LogP contribution in [0.3, 0.4) is 0 Å². The summed E-state index contributed by atoms with van der Waals surface area (Å²) < 4.78 is 0. The van der Waals surface area contributed by atoms with Crippen LogP contribution in [-0.4, -0.2) is 17.7 Å². The van der Waals surface area contributed by atoms with Crippen molar-refractivity contribution in [2.75, 3.05) is 10.2 Å². The Morgan fingerprint density at radius 2 is 1.68 bits per heavy atom. The average molecular weight is 376 g/mol. The number of rotatable bonds is 4. The lowest BCUT2D eigenvalue weighted by atomic mass is 9.81. The highest BCUT2D eigenvalue weighted by molar-refractivity contribution is 6.22. The van der Waals surface area contributed by atoms with Crippen LogP contribution in [0.25, 0.3) is 0 Å². The predicted octanol–water partition coefficient (Wildman–Crippen LogP) is 4.18. The van der Waals surface area contributed by atoms with E-state index in [-0.39, 0.29) is 29.6 Å². The van der Waals surface area contributed by atoms with Crippen LogP contribution in [-0.2, 0) is 16.0 Å². The maximum atomic E-state index is 12.8. The van der Waals surface area contributed by atoms with E-state index in [0.29, 0.717) is 11.3 Å². The van der Waals surface area contributed by atoms with Crippen molar-refractivity contribution in [3.8, 4) is 0 Å². The molecule has 2 atom stereocenters. The Labute approximate surface area is 164 Å². The second kappa shape index (κ2) is 7.58. The van der Waals surface area contributed by atoms with Crippen LogP contribution in [0.2, 0.25) is 0 Å². The Kier molecular flexibility index (Phi) is 4.99. The molecule has 4 rings (SSSR count). The summed E-state index contributed by atoms with van der Waals surface area (Å²) in [7, 11) is 0. The number of nitrogens with zero attached hydrogens (tertiary/aromatic N) is 1. The molecule has 2 fully saturated rings. The maximum Gasteiger partial charge on any atom is 0.255 e. The third-order valence-electron chi connectivity index (χ3n) is 5.85. The van der Waals surface area contributed by atoms with E-state index in [2.05, 4.69) is 5.32 Å². The zero-order chi connectivity index (χ0) is 19.7. The molecule has 1 saturated carbocycles. The molecule has 1 heterocycles. The Morgan fingerprint density at radius 1 is 1.00 bits per heavy atom. The van der Waals surface area contributed by atoms with E-state index in [9.17, 15) is 14.4 Å². The number of imide groups is 1. The number of carbonyl (C=O) groups is 3. The normalized spacial score (nSPS) is 21.5. The van der Waals surface area contributed by atoms with Gasteiger partial charge in [-0.1, -0.05) is 44.0 Å². The quantitative estimate of drug-likeness (QED) is 0.814. The fourth-order valence-corrected chi connectivity index (χ4v) is 4.35. The fraction of sp³-hybridized carbons (Fsp3) is 0.348. The summed E-state index contributed by atoms with van der Waals surface area (Å²) in [4.78, 5) is 39.7. The van der Waals surface area contributed by atoms with E-state index in [0.717, 1.165) is 43.4 Å². The molecule has 2 aliphatic rings. The second-order valence-corrected chi connectivity index (χ2v) is 7.52. The van der Waals surface area contributed by atoms with Crippen LogP contribution in [0.15, 0.2) is 48.5 Å². The van der Waals surface area contributed by atoms with E-state index in [1.165, 1.54) is 4.90 Å². The van der Waals surface area contributed by atoms with Gasteiger partial charge >= 0.3 is 0 Å². The summed E-state index contributed by atoms with van der Waals surface area (Å²) >= 11 is 0. The Bertz CT molecular complexity index is 913. The summed E-state index contributed by atoms with van der Waals surface area (Å²) in [6, 6.07) is 14.5. The van der Waals surface area contributed by atoms with Crippen molar-refractivity contribution < 1.29 is 14.4 Å². The number of hydrogen-bond acceptors (Lipinski definition) is 3. The number of hydrogen-bond donors (Lipinski definition) is 1. The highest BCUT2D eigenvalue weighted by Crippen LogP contribution is 2.40. The summed E-state index contributed by atoms with van der Waals surface area (Å²) in [6.45, 7) is 2.04. The molecule has 28 heavy (non-hydrogen) atoms. The van der Waals surface area contributed by atoms with Crippen molar-refractivity contribution in [3.05, 3.63) is 59.7 Å². The molecule has 1 N–H and O–H groups in total. The molecule has 2 aromatic carbocycles. The molecule has 1 aliphatic carbocycles. The van der Waals surface area contributed by atoms with Gasteiger partial charge < -0.3 is 5.32 Å². The van der Waals surface area contributed by atoms with Crippen molar-refractivity contribution in [2.45, 2.75) is 39.0 Å². The summed E-state index contributed by atoms with van der Waals surface area (Å²) in [5.41, 5.74) is 2.75. The molecule has 0 radical (unpaired) electrons. The lowest BCUT2D eigenvalue weighted by Gasteiger charge is -2.19. The molecule has 0 unspecified atom stereocenters. The Hall–Kier alpha value is -2.95. The van der Waals surface area contributed by atoms with Gasteiger partial charge in [-0.3, -0.25) is 19.3 Å². The lowest BCUT2D eigenvalue weighted by molar-refractivity contribution is -0.122. The van der Waals surface area contributed by atoms with E-state index in [1.807, 2.05) is 31.2 Å². The van der Waals surface area contributed by atoms with Gasteiger partial charge in [-0.15, -0.1) is 0 Å². The van der Waals surface area contributed by atoms with Gasteiger partial charge in [0.15, 0.2) is 0 Å². The van der Waals surface area contributed by atoms with Crippen molar-refractivity contribution >= 4 is 29.1 Å². The number of amides is 3. The maximum absolute atomic E-state index is 12.8. The number of fused-ring (bicyclic) bond motifs is 1. The van der Waals surface area contributed by atoms with Gasteiger partial charge in [-0.2, -0.15) is 0 Å². The number of para-hydroxylation sites is 1. The molecule has 0 bridgehead atoms. The smallest absolute Gasteiger partial charge is 0.255 e. The van der Waals surface area contributed by atoms with Gasteiger partial charge in [0.2, 0.25) is 11.8 Å². The number of aryl methyl sites for hydroxylation is 1. The van der Waals surface area contributed by atoms with Crippen molar-refractivity contribution in [3.63, 3.8) is 0 Å². The van der Waals surface area contributed by atoms with Gasteiger partial charge in [0.25, 0.3) is 5.91 Å². The molecule has 5 nitrogen and oxygen atoms in total. The second-order valence-electron chi connectivity index (χ2n) is 7.52. The summed E-state index contributed by atoms with van der Waals surface area (Å²) in [5.74, 6) is -0.892. The standard InChI is InChI=1S/C23H24N2O3/c1-2-15-8-3-6-13-20(15)24-21(26)16-9-7-10-17(14-16)25-22(27)18-11-4-5-12-19(18)23(25)28/h3,6-10,13-14,18-19H,2,4-5,11-12H2,1H3,(H,24,26)/t18-,19-/m1/s1. The zero-order valence-corrected chi connectivity index (χ0v) is 16.0. The summed E-state index contributed by atoms with van der Waals surface area (Å²) in [6.07, 6.45) is 4.36. The van der Waals surface area contributed by atoms with E-state index in [4.69, 9.17) is 0 Å². The molecular formula is C23H24N2O3. The van der Waals surface area contributed by atoms with Gasteiger partial charge in [0.1, 0.15) is 0 Å². The van der Waals surface area contributed by atoms with Gasteiger partial charge in [-0.25, -0.2) is 0 Å².